The smallest absolute Gasteiger partial charge is 0.267 e. The van der Waals surface area contributed by atoms with Gasteiger partial charge in [0.15, 0.2) is 0 Å². The normalized spacial score (nSPS) is 11.0. The van der Waals surface area contributed by atoms with E-state index in [9.17, 15) is 9.70 Å². The van der Waals surface area contributed by atoms with Crippen LogP contribution in [-0.2, 0) is 5.41 Å². The summed E-state index contributed by atoms with van der Waals surface area (Å²) < 4.78 is 0. The fourth-order valence-electron chi connectivity index (χ4n) is 1.34. The van der Waals surface area contributed by atoms with Crippen LogP contribution in [0, 0.1) is 4.91 Å². The average Bonchev–Trinajstić information content (AvgIpc) is 2.26. The summed E-state index contributed by atoms with van der Waals surface area (Å²) in [7, 11) is 1.34. The van der Waals surface area contributed by atoms with Crippen molar-refractivity contribution in [3.05, 3.63) is 40.3 Å². The summed E-state index contributed by atoms with van der Waals surface area (Å²) in [4.78, 5) is 21.8. The summed E-state index contributed by atoms with van der Waals surface area (Å²) in [6, 6.07) is 7.22. The van der Waals surface area contributed by atoms with Crippen LogP contribution in [0.5, 0.6) is 0 Å². The van der Waals surface area contributed by atoms with Crippen molar-refractivity contribution < 1.29 is 4.79 Å². The number of hydrogen-bond donors (Lipinski definition) is 0. The minimum absolute atomic E-state index is 0.0520. The SMILES string of the molecule is CN(N=O)C(=O)c1ccc(C(C)(C)C)cc1. The predicted octanol–water partition coefficient (Wildman–Crippen LogP) is 2.74. The Morgan fingerprint density at radius 3 is 2.06 bits per heavy atom. The molecule has 4 nitrogen and oxygen atoms in total. The van der Waals surface area contributed by atoms with Gasteiger partial charge in [-0.3, -0.25) is 4.79 Å². The number of hydrogen-bond acceptors (Lipinski definition) is 3. The molecule has 0 saturated heterocycles. The van der Waals surface area contributed by atoms with Gasteiger partial charge in [0.1, 0.15) is 0 Å². The van der Waals surface area contributed by atoms with Gasteiger partial charge in [0.2, 0.25) is 0 Å². The van der Waals surface area contributed by atoms with E-state index in [1.807, 2.05) is 12.1 Å². The molecule has 0 spiro atoms. The summed E-state index contributed by atoms with van der Waals surface area (Å²) in [5.41, 5.74) is 1.66. The van der Waals surface area contributed by atoms with Crippen LogP contribution in [-0.4, -0.2) is 18.0 Å². The van der Waals surface area contributed by atoms with E-state index in [2.05, 4.69) is 26.1 Å². The van der Waals surface area contributed by atoms with E-state index in [-0.39, 0.29) is 5.41 Å². The topological polar surface area (TPSA) is 49.7 Å². The quantitative estimate of drug-likeness (QED) is 0.568. The Morgan fingerprint density at radius 2 is 1.69 bits per heavy atom. The molecule has 1 aromatic carbocycles. The first-order chi connectivity index (χ1) is 7.36. The molecule has 0 aliphatic carbocycles. The first-order valence-electron chi connectivity index (χ1n) is 5.08. The Bertz CT molecular complexity index is 390. The van der Waals surface area contributed by atoms with Gasteiger partial charge in [0.25, 0.3) is 5.91 Å². The highest BCUT2D eigenvalue weighted by Crippen LogP contribution is 2.22. The van der Waals surface area contributed by atoms with Crippen LogP contribution in [0.15, 0.2) is 29.6 Å². The molecule has 0 aromatic heterocycles. The summed E-state index contributed by atoms with van der Waals surface area (Å²) >= 11 is 0. The molecule has 0 atom stereocenters. The Labute approximate surface area is 95.2 Å². The standard InChI is InChI=1S/C12H16N2O2/c1-12(2,3)10-7-5-9(6-8-10)11(15)14(4)13-16/h5-8H,1-4H3. The third-order valence-corrected chi connectivity index (χ3v) is 2.41. The van der Waals surface area contributed by atoms with Crippen LogP contribution in [0.1, 0.15) is 36.7 Å². The van der Waals surface area contributed by atoms with Gasteiger partial charge < -0.3 is 0 Å². The van der Waals surface area contributed by atoms with Crippen LogP contribution in [0.4, 0.5) is 0 Å². The number of rotatable bonds is 2. The molecule has 1 aromatic rings. The maximum absolute atomic E-state index is 11.6. The van der Waals surface area contributed by atoms with Gasteiger partial charge >= 0.3 is 0 Å². The van der Waals surface area contributed by atoms with Crippen molar-refractivity contribution >= 4 is 5.91 Å². The second kappa shape index (κ2) is 4.43. The van der Waals surface area contributed by atoms with Crippen LogP contribution in [0.2, 0.25) is 0 Å². The van der Waals surface area contributed by atoms with Gasteiger partial charge in [-0.25, -0.2) is 0 Å². The van der Waals surface area contributed by atoms with Crippen molar-refractivity contribution in [1.82, 2.24) is 5.01 Å². The Morgan fingerprint density at radius 1 is 1.19 bits per heavy atom. The van der Waals surface area contributed by atoms with E-state index in [0.29, 0.717) is 5.56 Å². The molecule has 0 N–H and O–H groups in total. The van der Waals surface area contributed by atoms with E-state index in [1.54, 1.807) is 12.1 Å². The average molecular weight is 220 g/mol. The molecule has 1 amide bonds. The van der Waals surface area contributed by atoms with Gasteiger partial charge in [-0.1, -0.05) is 32.9 Å². The highest BCUT2D eigenvalue weighted by molar-refractivity contribution is 5.93. The third kappa shape index (κ3) is 2.66. The zero-order valence-electron chi connectivity index (χ0n) is 10.0. The van der Waals surface area contributed by atoms with E-state index in [0.717, 1.165) is 10.6 Å². The third-order valence-electron chi connectivity index (χ3n) is 2.41. The fraction of sp³-hybridized carbons (Fsp3) is 0.417. The molecule has 0 fully saturated rings. The van der Waals surface area contributed by atoms with E-state index >= 15 is 0 Å². The molecule has 86 valence electrons. The summed E-state index contributed by atoms with van der Waals surface area (Å²) in [6.45, 7) is 6.30. The lowest BCUT2D eigenvalue weighted by atomic mass is 9.87. The highest BCUT2D eigenvalue weighted by atomic mass is 16.3. The Kier molecular flexibility index (Phi) is 3.42. The number of carbonyl (C=O) groups is 1. The van der Waals surface area contributed by atoms with Gasteiger partial charge in [-0.2, -0.15) is 5.01 Å². The monoisotopic (exact) mass is 220 g/mol. The molecule has 0 aliphatic heterocycles. The summed E-state index contributed by atoms with van der Waals surface area (Å²) in [6.07, 6.45) is 0. The van der Waals surface area contributed by atoms with Crippen molar-refractivity contribution in [1.29, 1.82) is 0 Å². The zero-order chi connectivity index (χ0) is 12.3. The lowest BCUT2D eigenvalue weighted by molar-refractivity contribution is 0.0796. The van der Waals surface area contributed by atoms with E-state index in [1.165, 1.54) is 7.05 Å². The molecule has 0 unspecified atom stereocenters. The molecule has 16 heavy (non-hydrogen) atoms. The minimum Gasteiger partial charge on any atom is -0.267 e. The van der Waals surface area contributed by atoms with Crippen LogP contribution < -0.4 is 0 Å². The molecule has 0 heterocycles. The molecule has 1 rings (SSSR count). The van der Waals surface area contributed by atoms with Crippen LogP contribution in [0.25, 0.3) is 0 Å². The molecule has 0 aliphatic rings. The molecule has 0 saturated carbocycles. The molecule has 0 radical (unpaired) electrons. The Balaban J connectivity index is 2.96. The van der Waals surface area contributed by atoms with Gasteiger partial charge in [-0.15, -0.1) is 4.91 Å². The van der Waals surface area contributed by atoms with Crippen LogP contribution >= 0.6 is 0 Å². The lowest BCUT2D eigenvalue weighted by Crippen LogP contribution is -2.20. The Hall–Kier alpha value is -1.71. The molecular weight excluding hydrogens is 204 g/mol. The second-order valence-electron chi connectivity index (χ2n) is 4.74. The molecular formula is C12H16N2O2. The predicted molar refractivity (Wildman–Crippen MR) is 63.0 cm³/mol. The number of nitrogens with zero attached hydrogens (tertiary/aromatic N) is 2. The van der Waals surface area contributed by atoms with Crippen molar-refractivity contribution in [3.63, 3.8) is 0 Å². The number of benzene rings is 1. The van der Waals surface area contributed by atoms with Gasteiger partial charge in [0.05, 0.1) is 5.29 Å². The molecule has 4 heteroatoms. The van der Waals surface area contributed by atoms with Crippen molar-refractivity contribution in [3.8, 4) is 0 Å². The first kappa shape index (κ1) is 12.4. The van der Waals surface area contributed by atoms with E-state index in [4.69, 9.17) is 0 Å². The fourth-order valence-corrected chi connectivity index (χ4v) is 1.34. The summed E-state index contributed by atoms with van der Waals surface area (Å²) in [5, 5.41) is 3.35. The largest absolute Gasteiger partial charge is 0.276 e. The summed E-state index contributed by atoms with van der Waals surface area (Å²) in [5.74, 6) is -0.393. The maximum Gasteiger partial charge on any atom is 0.276 e. The maximum atomic E-state index is 11.6. The van der Waals surface area contributed by atoms with Crippen molar-refractivity contribution in [2.75, 3.05) is 7.05 Å². The van der Waals surface area contributed by atoms with Crippen LogP contribution in [0.3, 0.4) is 0 Å². The number of carbonyl (C=O) groups excluding carboxylic acids is 1. The lowest BCUT2D eigenvalue weighted by Gasteiger charge is -2.19. The minimum atomic E-state index is -0.393. The van der Waals surface area contributed by atoms with Gasteiger partial charge in [-0.05, 0) is 23.1 Å². The zero-order valence-corrected chi connectivity index (χ0v) is 10.0. The first-order valence-corrected chi connectivity index (χ1v) is 5.08. The van der Waals surface area contributed by atoms with Crippen molar-refractivity contribution in [2.24, 2.45) is 5.29 Å². The van der Waals surface area contributed by atoms with E-state index < -0.39 is 5.91 Å². The molecule has 0 bridgehead atoms. The van der Waals surface area contributed by atoms with Gasteiger partial charge in [0, 0.05) is 12.6 Å². The van der Waals surface area contributed by atoms with Crippen molar-refractivity contribution in [2.45, 2.75) is 26.2 Å². The highest BCUT2D eigenvalue weighted by Gasteiger charge is 2.15. The second-order valence-corrected chi connectivity index (χ2v) is 4.74. The number of amides is 1. The number of nitroso groups, excluding NO2 is 1.